The predicted octanol–water partition coefficient (Wildman–Crippen LogP) is 3.49. The van der Waals surface area contributed by atoms with Crippen LogP contribution in [0.1, 0.15) is 18.4 Å². The van der Waals surface area contributed by atoms with Crippen LogP contribution in [0, 0.1) is 0 Å². The van der Waals surface area contributed by atoms with Crippen LogP contribution in [0.2, 0.25) is 0 Å². The van der Waals surface area contributed by atoms with Crippen molar-refractivity contribution in [2.45, 2.75) is 24.3 Å². The quantitative estimate of drug-likeness (QED) is 0.697. The molecule has 1 heterocycles. The van der Waals surface area contributed by atoms with E-state index in [1.807, 2.05) is 18.2 Å². The van der Waals surface area contributed by atoms with Crippen LogP contribution in [0.5, 0.6) is 0 Å². The molecular formula is C13H15ClO. The topological polar surface area (TPSA) is 9.23 Å². The first-order valence-corrected chi connectivity index (χ1v) is 5.77. The highest BCUT2D eigenvalue weighted by Gasteiger charge is 2.18. The fourth-order valence-electron chi connectivity index (χ4n) is 1.70. The van der Waals surface area contributed by atoms with Crippen molar-refractivity contribution in [2.24, 2.45) is 0 Å². The number of ether oxygens (including phenoxy) is 1. The fraction of sp³-hybridized carbons (Fsp3) is 0.385. The summed E-state index contributed by atoms with van der Waals surface area (Å²) in [7, 11) is 0. The van der Waals surface area contributed by atoms with Gasteiger partial charge in [-0.3, -0.25) is 0 Å². The lowest BCUT2D eigenvalue weighted by atomic mass is 10.1. The van der Waals surface area contributed by atoms with E-state index in [0.29, 0.717) is 0 Å². The third kappa shape index (κ3) is 3.37. The van der Waals surface area contributed by atoms with Crippen molar-refractivity contribution in [2.75, 3.05) is 6.61 Å². The first kappa shape index (κ1) is 10.7. The number of hydrogen-bond donors (Lipinski definition) is 0. The second kappa shape index (κ2) is 5.34. The van der Waals surface area contributed by atoms with E-state index in [0.717, 1.165) is 19.4 Å². The van der Waals surface area contributed by atoms with Crippen LogP contribution < -0.4 is 0 Å². The largest absolute Gasteiger partial charge is 0.374 e. The summed E-state index contributed by atoms with van der Waals surface area (Å²) in [5.41, 5.74) is 1.21. The molecule has 0 radical (unpaired) electrons. The van der Waals surface area contributed by atoms with Gasteiger partial charge in [-0.25, -0.2) is 0 Å². The molecule has 1 aromatic rings. The van der Waals surface area contributed by atoms with E-state index in [1.54, 1.807) is 0 Å². The number of alkyl halides is 1. The maximum atomic E-state index is 6.08. The third-order valence-electron chi connectivity index (χ3n) is 2.55. The zero-order valence-corrected chi connectivity index (χ0v) is 9.36. The Morgan fingerprint density at radius 3 is 2.80 bits per heavy atom. The number of hydrogen-bond acceptors (Lipinski definition) is 1. The molecular weight excluding hydrogens is 208 g/mol. The average molecular weight is 223 g/mol. The van der Waals surface area contributed by atoms with Crippen LogP contribution in [0.15, 0.2) is 36.4 Å². The second-order valence-electron chi connectivity index (χ2n) is 3.80. The Morgan fingerprint density at radius 1 is 1.27 bits per heavy atom. The van der Waals surface area contributed by atoms with Crippen LogP contribution in [0.3, 0.4) is 0 Å². The van der Waals surface area contributed by atoms with Gasteiger partial charge in [0.15, 0.2) is 0 Å². The summed E-state index contributed by atoms with van der Waals surface area (Å²) in [6, 6.07) is 10.2. The molecule has 1 aliphatic rings. The molecule has 2 heteroatoms. The van der Waals surface area contributed by atoms with Crippen LogP contribution >= 0.6 is 11.6 Å². The lowest BCUT2D eigenvalue weighted by Crippen LogP contribution is -2.24. The Balaban J connectivity index is 1.93. The molecule has 0 unspecified atom stereocenters. The summed E-state index contributed by atoms with van der Waals surface area (Å²) in [4.78, 5) is 0. The second-order valence-corrected chi connectivity index (χ2v) is 4.42. The molecule has 80 valence electrons. The average Bonchev–Trinajstić information content (AvgIpc) is 2.28. The van der Waals surface area contributed by atoms with Crippen molar-refractivity contribution < 1.29 is 4.74 Å². The Hall–Kier alpha value is -0.790. The Bertz CT molecular complexity index is 321. The van der Waals surface area contributed by atoms with Crippen molar-refractivity contribution in [3.63, 3.8) is 0 Å². The van der Waals surface area contributed by atoms with Crippen molar-refractivity contribution in [1.29, 1.82) is 0 Å². The first-order valence-electron chi connectivity index (χ1n) is 5.33. The van der Waals surface area contributed by atoms with Crippen LogP contribution in [-0.4, -0.2) is 18.1 Å². The minimum Gasteiger partial charge on any atom is -0.374 e. The minimum absolute atomic E-state index is 0.182. The highest BCUT2D eigenvalue weighted by Crippen LogP contribution is 2.20. The molecule has 15 heavy (non-hydrogen) atoms. The summed E-state index contributed by atoms with van der Waals surface area (Å²) >= 11 is 6.08. The van der Waals surface area contributed by atoms with Gasteiger partial charge >= 0.3 is 0 Å². The first-order chi connectivity index (χ1) is 7.34. The molecule has 1 saturated heterocycles. The van der Waals surface area contributed by atoms with Gasteiger partial charge in [0.05, 0.1) is 6.10 Å². The van der Waals surface area contributed by atoms with Crippen LogP contribution in [0.4, 0.5) is 0 Å². The minimum atomic E-state index is 0.182. The molecule has 2 atom stereocenters. The third-order valence-corrected chi connectivity index (χ3v) is 2.95. The molecule has 1 aromatic carbocycles. The van der Waals surface area contributed by atoms with Crippen LogP contribution in [-0.2, 0) is 4.74 Å². The van der Waals surface area contributed by atoms with Gasteiger partial charge in [-0.05, 0) is 18.4 Å². The van der Waals surface area contributed by atoms with E-state index < -0.39 is 0 Å². The van der Waals surface area contributed by atoms with Crippen molar-refractivity contribution in [3.8, 4) is 0 Å². The molecule has 0 aromatic heterocycles. The zero-order valence-electron chi connectivity index (χ0n) is 8.60. The Morgan fingerprint density at radius 2 is 2.07 bits per heavy atom. The van der Waals surface area contributed by atoms with Gasteiger partial charge < -0.3 is 4.74 Å². The van der Waals surface area contributed by atoms with Gasteiger partial charge in [0, 0.05) is 12.0 Å². The van der Waals surface area contributed by atoms with Gasteiger partial charge in [0.2, 0.25) is 0 Å². The van der Waals surface area contributed by atoms with Gasteiger partial charge in [-0.15, -0.1) is 11.6 Å². The Labute approximate surface area is 95.7 Å². The molecule has 0 bridgehead atoms. The molecule has 0 spiro atoms. The number of halogens is 1. The van der Waals surface area contributed by atoms with E-state index in [9.17, 15) is 0 Å². The van der Waals surface area contributed by atoms with Crippen LogP contribution in [0.25, 0.3) is 6.08 Å². The molecule has 0 amide bonds. The van der Waals surface area contributed by atoms with E-state index in [-0.39, 0.29) is 11.5 Å². The lowest BCUT2D eigenvalue weighted by Gasteiger charge is -2.23. The highest BCUT2D eigenvalue weighted by molar-refractivity contribution is 6.20. The molecule has 1 fully saturated rings. The van der Waals surface area contributed by atoms with Crippen molar-refractivity contribution in [1.82, 2.24) is 0 Å². The fourth-order valence-corrected chi connectivity index (χ4v) is 1.97. The monoisotopic (exact) mass is 222 g/mol. The number of rotatable bonds is 2. The summed E-state index contributed by atoms with van der Waals surface area (Å²) in [6.07, 6.45) is 6.27. The maximum Gasteiger partial charge on any atom is 0.0773 e. The smallest absolute Gasteiger partial charge is 0.0773 e. The molecule has 0 N–H and O–H groups in total. The van der Waals surface area contributed by atoms with Gasteiger partial charge in [0.1, 0.15) is 0 Å². The standard InChI is InChI=1S/C13H15ClO/c14-12-8-9-15-13(10-12)7-6-11-4-2-1-3-5-11/h1-7,12-13H,8-10H2/b7-6+/t12-,13+/m0/s1. The summed E-state index contributed by atoms with van der Waals surface area (Å²) < 4.78 is 5.60. The predicted molar refractivity (Wildman–Crippen MR) is 64.1 cm³/mol. The lowest BCUT2D eigenvalue weighted by molar-refractivity contribution is 0.0491. The molecule has 1 nitrogen and oxygen atoms in total. The van der Waals surface area contributed by atoms with E-state index in [1.165, 1.54) is 5.56 Å². The van der Waals surface area contributed by atoms with Crippen molar-refractivity contribution in [3.05, 3.63) is 42.0 Å². The summed E-state index contributed by atoms with van der Waals surface area (Å²) in [5, 5.41) is 0.268. The van der Waals surface area contributed by atoms with Gasteiger partial charge in [0.25, 0.3) is 0 Å². The van der Waals surface area contributed by atoms with Gasteiger partial charge in [-0.2, -0.15) is 0 Å². The van der Waals surface area contributed by atoms with E-state index in [4.69, 9.17) is 16.3 Å². The van der Waals surface area contributed by atoms with E-state index >= 15 is 0 Å². The normalized spacial score (nSPS) is 27.0. The van der Waals surface area contributed by atoms with Gasteiger partial charge in [-0.1, -0.05) is 42.5 Å². The molecule has 0 saturated carbocycles. The number of benzene rings is 1. The van der Waals surface area contributed by atoms with E-state index in [2.05, 4.69) is 24.3 Å². The summed E-state index contributed by atoms with van der Waals surface area (Å²) in [6.45, 7) is 0.776. The Kier molecular flexibility index (Phi) is 3.81. The maximum absolute atomic E-state index is 6.08. The van der Waals surface area contributed by atoms with Crippen molar-refractivity contribution >= 4 is 17.7 Å². The SMILES string of the molecule is Cl[C@H]1CCO[C@H](/C=C/c2ccccc2)C1. The molecule has 0 aliphatic carbocycles. The highest BCUT2D eigenvalue weighted by atomic mass is 35.5. The zero-order chi connectivity index (χ0) is 10.5. The molecule has 1 aliphatic heterocycles. The summed E-state index contributed by atoms with van der Waals surface area (Å²) in [5.74, 6) is 0. The molecule has 2 rings (SSSR count).